The van der Waals surface area contributed by atoms with Crippen LogP contribution in [0.1, 0.15) is 0 Å². The Labute approximate surface area is 125 Å². The van der Waals surface area contributed by atoms with Gasteiger partial charge in [-0.1, -0.05) is 48.2 Å². The minimum atomic E-state index is -0.0399. The molecule has 0 fully saturated rings. The van der Waals surface area contributed by atoms with Crippen LogP contribution in [0.5, 0.6) is 0 Å². The molecule has 2 aromatic rings. The van der Waals surface area contributed by atoms with E-state index in [-0.39, 0.29) is 5.91 Å². The first-order chi connectivity index (χ1) is 9.81. The van der Waals surface area contributed by atoms with Crippen LogP contribution in [-0.4, -0.2) is 10.9 Å². The summed E-state index contributed by atoms with van der Waals surface area (Å²) in [5.74, 6) is -0.0399. The van der Waals surface area contributed by atoms with Crippen LogP contribution in [0.4, 0.5) is 0 Å². The molecule has 100 valence electrons. The summed E-state index contributed by atoms with van der Waals surface area (Å²) in [6.07, 6.45) is 1.67. The van der Waals surface area contributed by atoms with Gasteiger partial charge < -0.3 is 5.32 Å². The van der Waals surface area contributed by atoms with E-state index in [9.17, 15) is 4.79 Å². The van der Waals surface area contributed by atoms with E-state index < -0.39 is 0 Å². The van der Waals surface area contributed by atoms with E-state index >= 15 is 0 Å². The van der Waals surface area contributed by atoms with Crippen LogP contribution in [0.3, 0.4) is 0 Å². The molecule has 0 unspecified atom stereocenters. The van der Waals surface area contributed by atoms with Crippen LogP contribution in [0.25, 0.3) is 0 Å². The first-order valence-corrected chi connectivity index (χ1v) is 7.92. The van der Waals surface area contributed by atoms with Gasteiger partial charge in [0.1, 0.15) is 0 Å². The third kappa shape index (κ3) is 3.21. The number of hydrogen-bond acceptors (Lipinski definition) is 2. The molecule has 0 spiro atoms. The first-order valence-electron chi connectivity index (χ1n) is 6.21. The van der Waals surface area contributed by atoms with Gasteiger partial charge in [0.25, 0.3) is 0 Å². The van der Waals surface area contributed by atoms with Gasteiger partial charge in [0.2, 0.25) is 5.91 Å². The van der Waals surface area contributed by atoms with Crippen LogP contribution in [-0.2, 0) is 4.79 Å². The SMILES string of the molecule is O=C1C=C(Sc2ccccc2)C(=[SH]c2ccccc2)N1. The number of carbonyl (C=O) groups excluding carboxylic acids is 1. The minimum absolute atomic E-state index is 0.0399. The summed E-state index contributed by atoms with van der Waals surface area (Å²) < 4.78 is 0. The summed E-state index contributed by atoms with van der Waals surface area (Å²) >= 11 is 2.64. The zero-order chi connectivity index (χ0) is 13.8. The van der Waals surface area contributed by atoms with Crippen molar-refractivity contribution >= 4 is 34.0 Å². The van der Waals surface area contributed by atoms with Crippen molar-refractivity contribution in [3.05, 3.63) is 71.6 Å². The van der Waals surface area contributed by atoms with E-state index in [1.54, 1.807) is 17.8 Å². The first kappa shape index (κ1) is 13.2. The van der Waals surface area contributed by atoms with E-state index in [1.165, 1.54) is 4.90 Å². The fourth-order valence-electron chi connectivity index (χ4n) is 1.81. The third-order valence-electron chi connectivity index (χ3n) is 2.71. The van der Waals surface area contributed by atoms with Gasteiger partial charge in [0, 0.05) is 20.8 Å². The molecule has 20 heavy (non-hydrogen) atoms. The number of rotatable bonds is 3. The second-order valence-corrected chi connectivity index (χ2v) is 6.51. The molecule has 0 atom stereocenters. The van der Waals surface area contributed by atoms with Gasteiger partial charge in [-0.15, -0.1) is 11.4 Å². The molecule has 0 saturated heterocycles. The monoisotopic (exact) mass is 299 g/mol. The molecule has 1 heterocycles. The Morgan fingerprint density at radius 2 is 1.55 bits per heavy atom. The molecule has 2 nitrogen and oxygen atoms in total. The lowest BCUT2D eigenvalue weighted by Gasteiger charge is -2.05. The largest absolute Gasteiger partial charge is 0.317 e. The fourth-order valence-corrected chi connectivity index (χ4v) is 3.86. The van der Waals surface area contributed by atoms with Crippen LogP contribution >= 0.6 is 23.1 Å². The molecule has 1 amide bonds. The van der Waals surface area contributed by atoms with Crippen LogP contribution < -0.4 is 5.32 Å². The Hall–Kier alpha value is -1.78. The van der Waals surface area contributed by atoms with Gasteiger partial charge in [-0.3, -0.25) is 4.79 Å². The number of nitrogens with one attached hydrogen (secondary N) is 1. The Bertz CT molecular complexity index is 678. The van der Waals surface area contributed by atoms with E-state index in [2.05, 4.69) is 17.4 Å². The van der Waals surface area contributed by atoms with Gasteiger partial charge in [-0.05, 0) is 24.3 Å². The van der Waals surface area contributed by atoms with E-state index in [4.69, 9.17) is 0 Å². The highest BCUT2D eigenvalue weighted by atomic mass is 32.2. The van der Waals surface area contributed by atoms with Gasteiger partial charge in [-0.25, -0.2) is 0 Å². The summed E-state index contributed by atoms with van der Waals surface area (Å²) in [5, 5.41) is 2.92. The van der Waals surface area contributed by atoms with Crippen molar-refractivity contribution in [2.24, 2.45) is 0 Å². The van der Waals surface area contributed by atoms with E-state index in [0.29, 0.717) is 0 Å². The molecule has 1 N–H and O–H groups in total. The van der Waals surface area contributed by atoms with Crippen LogP contribution in [0.15, 0.2) is 81.4 Å². The van der Waals surface area contributed by atoms with Crippen molar-refractivity contribution in [1.82, 2.24) is 5.32 Å². The molecule has 1 aliphatic heterocycles. The standard InChI is InChI=1S/C16H13NOS2/c18-15-11-14(19-12-7-3-1-4-8-12)16(17-15)20-13-9-5-2-6-10-13/h1-11,20H,(H,17,18). The maximum atomic E-state index is 11.6. The second kappa shape index (κ2) is 6.11. The van der Waals surface area contributed by atoms with E-state index in [1.807, 2.05) is 48.5 Å². The van der Waals surface area contributed by atoms with E-state index in [0.717, 1.165) is 26.1 Å². The Kier molecular flexibility index (Phi) is 4.04. The zero-order valence-electron chi connectivity index (χ0n) is 10.6. The molecule has 0 radical (unpaired) electrons. The average molecular weight is 299 g/mol. The van der Waals surface area contributed by atoms with Gasteiger partial charge in [0.05, 0.1) is 4.99 Å². The summed E-state index contributed by atoms with van der Waals surface area (Å²) in [5.41, 5.74) is 0. The van der Waals surface area contributed by atoms with Crippen molar-refractivity contribution in [1.29, 1.82) is 0 Å². The number of carbonyl (C=O) groups is 1. The molecular formula is C16H13NOS2. The highest BCUT2D eigenvalue weighted by Crippen LogP contribution is 2.30. The highest BCUT2D eigenvalue weighted by molar-refractivity contribution is 8.07. The normalized spacial score (nSPS) is 16.5. The molecule has 0 aromatic heterocycles. The predicted molar refractivity (Wildman–Crippen MR) is 87.2 cm³/mol. The van der Waals surface area contributed by atoms with Crippen LogP contribution in [0, 0.1) is 0 Å². The van der Waals surface area contributed by atoms with Gasteiger partial charge in [-0.2, -0.15) is 0 Å². The van der Waals surface area contributed by atoms with Gasteiger partial charge in [0.15, 0.2) is 0 Å². The molecular weight excluding hydrogens is 286 g/mol. The molecule has 1 aliphatic rings. The maximum Gasteiger partial charge on any atom is 0.249 e. The molecule has 2 aromatic carbocycles. The Morgan fingerprint density at radius 3 is 2.25 bits per heavy atom. The number of benzene rings is 2. The van der Waals surface area contributed by atoms with Crippen molar-refractivity contribution in [2.75, 3.05) is 0 Å². The quantitative estimate of drug-likeness (QED) is 0.671. The maximum absolute atomic E-state index is 11.6. The molecule has 0 bridgehead atoms. The zero-order valence-corrected chi connectivity index (χ0v) is 12.3. The van der Waals surface area contributed by atoms with Crippen LogP contribution in [0.2, 0.25) is 0 Å². The van der Waals surface area contributed by atoms with Crippen molar-refractivity contribution in [3.63, 3.8) is 0 Å². The summed E-state index contributed by atoms with van der Waals surface area (Å²) in [4.78, 5) is 15.9. The van der Waals surface area contributed by atoms with Crippen molar-refractivity contribution in [3.8, 4) is 0 Å². The summed E-state index contributed by atoms with van der Waals surface area (Å²) in [7, 11) is 0. The molecule has 0 aliphatic carbocycles. The Balaban J connectivity index is 1.87. The number of thioether (sulfide) groups is 1. The third-order valence-corrected chi connectivity index (χ3v) is 5.04. The lowest BCUT2D eigenvalue weighted by atomic mass is 10.4. The summed E-state index contributed by atoms with van der Waals surface area (Å²) in [6, 6.07) is 20.2. The lowest BCUT2D eigenvalue weighted by molar-refractivity contribution is -0.114. The van der Waals surface area contributed by atoms with Crippen molar-refractivity contribution < 1.29 is 4.79 Å². The smallest absolute Gasteiger partial charge is 0.249 e. The molecule has 4 heteroatoms. The Morgan fingerprint density at radius 1 is 0.900 bits per heavy atom. The van der Waals surface area contributed by atoms with Gasteiger partial charge >= 0.3 is 0 Å². The molecule has 0 saturated carbocycles. The minimum Gasteiger partial charge on any atom is -0.317 e. The number of hydrogen-bond donors (Lipinski definition) is 2. The summed E-state index contributed by atoms with van der Waals surface area (Å²) in [6.45, 7) is 0. The second-order valence-electron chi connectivity index (χ2n) is 4.21. The highest BCUT2D eigenvalue weighted by Gasteiger charge is 2.18. The fraction of sp³-hybridized carbons (Fsp3) is 0. The van der Waals surface area contributed by atoms with Crippen molar-refractivity contribution in [2.45, 2.75) is 9.79 Å². The molecule has 3 rings (SSSR count). The number of thiol groups is 1. The predicted octanol–water partition coefficient (Wildman–Crippen LogP) is 3.45. The topological polar surface area (TPSA) is 29.1 Å². The average Bonchev–Trinajstić information content (AvgIpc) is 2.81. The lowest BCUT2D eigenvalue weighted by Crippen LogP contribution is -2.20. The number of amides is 1.